The number of hydrogen-bond acceptors (Lipinski definition) is 17. The first-order chi connectivity index (χ1) is 32.5. The number of thiol groups is 3. The molecule has 1 aliphatic rings. The Morgan fingerprint density at radius 3 is 1.57 bits per heavy atom. The number of amides is 8. The van der Waals surface area contributed by atoms with Crippen molar-refractivity contribution in [2.75, 3.05) is 37.0 Å². The average Bonchev–Trinajstić information content (AvgIpc) is 3.80. The van der Waals surface area contributed by atoms with Crippen LogP contribution in [0.1, 0.15) is 71.6 Å². The molecule has 1 rings (SSSR count). The van der Waals surface area contributed by atoms with Crippen LogP contribution in [0.4, 0.5) is 0 Å². The van der Waals surface area contributed by atoms with Crippen LogP contribution in [0.5, 0.6) is 0 Å². The summed E-state index contributed by atoms with van der Waals surface area (Å²) in [4.78, 5) is 147. The van der Waals surface area contributed by atoms with Crippen LogP contribution in [0.3, 0.4) is 0 Å². The van der Waals surface area contributed by atoms with Gasteiger partial charge in [-0.2, -0.15) is 37.9 Å². The van der Waals surface area contributed by atoms with Gasteiger partial charge in [0, 0.05) is 43.2 Å². The van der Waals surface area contributed by atoms with Crippen molar-refractivity contribution >= 4 is 109 Å². The lowest BCUT2D eigenvalue weighted by Gasteiger charge is -2.29. The molecule has 27 nitrogen and oxygen atoms in total. The van der Waals surface area contributed by atoms with Crippen LogP contribution in [0.25, 0.3) is 0 Å². The van der Waals surface area contributed by atoms with Gasteiger partial charge >= 0.3 is 17.9 Å². The van der Waals surface area contributed by atoms with Crippen molar-refractivity contribution in [2.24, 2.45) is 28.1 Å². The number of aliphatic imine (C=N–C) groups is 1. The molecule has 0 aromatic rings. The SMILES string of the molecule is CC[C@H](C)[C@H](NC(=O)[C@H](CO)NC(=O)[C@H](CCC(=O)O)NC(=O)[C@H](CS)NC(=O)[C@H](CCC(=O)O)NC(=O)[C@H](CCCN=C(N)N)NC(=O)[C@@H]1CCCN1C(=O)[C@@H](N)CS)C(=O)N[C@@H](CS)C(=O)O. The van der Waals surface area contributed by atoms with E-state index >= 15 is 0 Å². The number of rotatable bonds is 32. The number of carboxylic acid groups (broad SMARTS) is 3. The number of hydrogen-bond donors (Lipinski definition) is 17. The molecule has 1 saturated heterocycles. The Morgan fingerprint density at radius 1 is 0.652 bits per heavy atom. The molecule has 0 bridgehead atoms. The monoisotopic (exact) mass is 1040 g/mol. The van der Waals surface area contributed by atoms with Gasteiger partial charge in [0.1, 0.15) is 48.3 Å². The fourth-order valence-corrected chi connectivity index (χ4v) is 7.25. The van der Waals surface area contributed by atoms with Crippen molar-refractivity contribution in [1.29, 1.82) is 0 Å². The van der Waals surface area contributed by atoms with Crippen molar-refractivity contribution in [3.8, 4) is 0 Å². The third-order valence-electron chi connectivity index (χ3n) is 10.7. The van der Waals surface area contributed by atoms with Crippen LogP contribution in [0.15, 0.2) is 4.99 Å². The van der Waals surface area contributed by atoms with Gasteiger partial charge in [-0.1, -0.05) is 20.3 Å². The van der Waals surface area contributed by atoms with E-state index in [4.69, 9.17) is 17.2 Å². The molecule has 30 heteroatoms. The van der Waals surface area contributed by atoms with Gasteiger partial charge in [-0.05, 0) is 44.4 Å². The van der Waals surface area contributed by atoms with Gasteiger partial charge in [0.25, 0.3) is 0 Å². The summed E-state index contributed by atoms with van der Waals surface area (Å²) in [6, 6.07) is -13.1. The zero-order valence-electron chi connectivity index (χ0n) is 38.1. The quantitative estimate of drug-likeness (QED) is 0.0129. The van der Waals surface area contributed by atoms with Gasteiger partial charge in [-0.15, -0.1) is 0 Å². The first kappa shape index (κ1) is 61.4. The van der Waals surface area contributed by atoms with E-state index in [0.29, 0.717) is 12.8 Å². The zero-order chi connectivity index (χ0) is 52.5. The number of carbonyl (C=O) groups excluding carboxylic acids is 8. The van der Waals surface area contributed by atoms with Crippen molar-refractivity contribution in [3.05, 3.63) is 0 Å². The molecule has 10 atom stereocenters. The Bertz CT molecular complexity index is 1860. The lowest BCUT2D eigenvalue weighted by Crippen LogP contribution is -2.61. The zero-order valence-corrected chi connectivity index (χ0v) is 40.8. The van der Waals surface area contributed by atoms with Crippen molar-refractivity contribution in [2.45, 2.75) is 126 Å². The molecule has 390 valence electrons. The number of nitrogens with two attached hydrogens (primary N) is 3. The topological polar surface area (TPSA) is 447 Å². The molecule has 0 aromatic carbocycles. The normalized spacial score (nSPS) is 17.1. The van der Waals surface area contributed by atoms with E-state index < -0.39 is 164 Å². The summed E-state index contributed by atoms with van der Waals surface area (Å²) < 4.78 is 0. The first-order valence-electron chi connectivity index (χ1n) is 21.8. The molecule has 1 heterocycles. The summed E-state index contributed by atoms with van der Waals surface area (Å²) in [5.41, 5.74) is 16.7. The summed E-state index contributed by atoms with van der Waals surface area (Å²) in [6.07, 6.45) is -1.55. The molecule has 0 aromatic heterocycles. The minimum absolute atomic E-state index is 0.00200. The molecule has 69 heavy (non-hydrogen) atoms. The number of aliphatic hydroxyl groups is 1. The second kappa shape index (κ2) is 31.5. The molecule has 8 amide bonds. The molecular formula is C39H66N12O15S3. The Morgan fingerprint density at radius 2 is 1.12 bits per heavy atom. The Balaban J connectivity index is 3.35. The van der Waals surface area contributed by atoms with Gasteiger partial charge < -0.3 is 79.7 Å². The summed E-state index contributed by atoms with van der Waals surface area (Å²) >= 11 is 12.1. The molecule has 1 aliphatic heterocycles. The summed E-state index contributed by atoms with van der Waals surface area (Å²) in [7, 11) is 0. The lowest BCUT2D eigenvalue weighted by atomic mass is 9.97. The number of nitrogens with zero attached hydrogens (tertiary/aromatic N) is 2. The number of likely N-dealkylation sites (tertiary alicyclic amines) is 1. The van der Waals surface area contributed by atoms with Gasteiger partial charge in [-0.3, -0.25) is 52.9 Å². The lowest BCUT2D eigenvalue weighted by molar-refractivity contribution is -0.142. The predicted octanol–water partition coefficient (Wildman–Crippen LogP) is -5.61. The Labute approximate surface area is 414 Å². The number of aliphatic hydroxyl groups excluding tert-OH is 1. The minimum Gasteiger partial charge on any atom is -0.481 e. The van der Waals surface area contributed by atoms with E-state index in [1.165, 1.54) is 4.90 Å². The second-order valence-electron chi connectivity index (χ2n) is 15.9. The number of aliphatic carboxylic acids is 3. The molecule has 0 spiro atoms. The van der Waals surface area contributed by atoms with Gasteiger partial charge in [0.15, 0.2) is 5.96 Å². The Kier molecular flexibility index (Phi) is 28.1. The van der Waals surface area contributed by atoms with E-state index in [-0.39, 0.29) is 49.8 Å². The summed E-state index contributed by atoms with van der Waals surface area (Å²) in [6.45, 7) is 2.40. The predicted molar refractivity (Wildman–Crippen MR) is 256 cm³/mol. The smallest absolute Gasteiger partial charge is 0.327 e. The van der Waals surface area contributed by atoms with E-state index in [1.807, 2.05) is 0 Å². The summed E-state index contributed by atoms with van der Waals surface area (Å²) in [5, 5.41) is 54.6. The van der Waals surface area contributed by atoms with Gasteiger partial charge in [0.05, 0.1) is 12.6 Å². The molecule has 0 saturated carbocycles. The third kappa shape index (κ3) is 21.3. The highest BCUT2D eigenvalue weighted by Gasteiger charge is 2.39. The van der Waals surface area contributed by atoms with Crippen LogP contribution in [-0.4, -0.2) is 188 Å². The van der Waals surface area contributed by atoms with Gasteiger partial charge in [0.2, 0.25) is 47.3 Å². The fourth-order valence-electron chi connectivity index (χ4n) is 6.59. The van der Waals surface area contributed by atoms with Gasteiger partial charge in [-0.25, -0.2) is 4.79 Å². The number of guanidine groups is 1. The number of nitrogens with one attached hydrogen (secondary N) is 7. The van der Waals surface area contributed by atoms with Crippen LogP contribution in [0, 0.1) is 5.92 Å². The highest BCUT2D eigenvalue weighted by atomic mass is 32.1. The highest BCUT2D eigenvalue weighted by Crippen LogP contribution is 2.19. The molecule has 17 N–H and O–H groups in total. The van der Waals surface area contributed by atoms with Crippen LogP contribution < -0.4 is 54.4 Å². The minimum atomic E-state index is -1.80. The highest BCUT2D eigenvalue weighted by molar-refractivity contribution is 7.80. The molecule has 0 radical (unpaired) electrons. The number of carbonyl (C=O) groups is 11. The van der Waals surface area contributed by atoms with Crippen LogP contribution in [-0.2, 0) is 52.7 Å². The van der Waals surface area contributed by atoms with Crippen molar-refractivity contribution in [1.82, 2.24) is 42.1 Å². The van der Waals surface area contributed by atoms with E-state index in [2.05, 4.69) is 80.1 Å². The number of carboxylic acids is 3. The third-order valence-corrected chi connectivity index (χ3v) is 11.8. The van der Waals surface area contributed by atoms with E-state index in [9.17, 15) is 73.2 Å². The largest absolute Gasteiger partial charge is 0.481 e. The van der Waals surface area contributed by atoms with E-state index in [1.54, 1.807) is 13.8 Å². The maximum Gasteiger partial charge on any atom is 0.327 e. The Hall–Kier alpha value is -5.59. The second-order valence-corrected chi connectivity index (χ2v) is 17.0. The fraction of sp³-hybridized carbons (Fsp3) is 0.692. The van der Waals surface area contributed by atoms with Crippen LogP contribution >= 0.6 is 37.9 Å². The van der Waals surface area contributed by atoms with Crippen molar-refractivity contribution in [3.63, 3.8) is 0 Å². The molecule has 0 aliphatic carbocycles. The molecule has 1 fully saturated rings. The standard InChI is InChI=1S/C39H66N12O15S3/c1-3-18(2)29(36(63)49-25(17-69)38(65)66)50-33(60)23(14-52)47-31(58)21(8-10-27(53)54)45-34(61)24(16-68)48-32(59)22(9-11-28(55)56)44-30(57)20(6-4-12-43-39(41)42)46-35(62)26-7-5-13-51(26)37(64)19(40)15-67/h18-26,29,52,67-69H,3-17,40H2,1-2H3,(H,44,57)(H,45,61)(H,46,62)(H,47,58)(H,48,59)(H,49,63)(H,50,60)(H,53,54)(H,55,56)(H,65,66)(H4,41,42,43)/t18-,19-,20-,21-,22-,23-,24-,25-,26-,29-/m0/s1. The first-order valence-corrected chi connectivity index (χ1v) is 23.7. The van der Waals surface area contributed by atoms with Crippen molar-refractivity contribution < 1.29 is 73.2 Å². The summed E-state index contributed by atoms with van der Waals surface area (Å²) in [5.74, 6) is -13.5. The maximum absolute atomic E-state index is 13.8. The molecular weight excluding hydrogens is 973 g/mol. The van der Waals surface area contributed by atoms with E-state index in [0.717, 1.165) is 0 Å². The average molecular weight is 1040 g/mol. The maximum atomic E-state index is 13.8. The van der Waals surface area contributed by atoms with Crippen LogP contribution in [0.2, 0.25) is 0 Å². The molecule has 0 unspecified atom stereocenters.